The van der Waals surface area contributed by atoms with Crippen molar-refractivity contribution in [1.82, 2.24) is 19.2 Å². The van der Waals surface area contributed by atoms with E-state index < -0.39 is 5.69 Å². The maximum atomic E-state index is 11.8. The molecule has 0 amide bonds. The lowest BCUT2D eigenvalue weighted by atomic mass is 10.3. The normalized spacial score (nSPS) is 11.0. The molecule has 0 bridgehead atoms. The lowest BCUT2D eigenvalue weighted by Crippen LogP contribution is -2.40. The van der Waals surface area contributed by atoms with Crippen LogP contribution >= 0.6 is 0 Å². The molecule has 1 heterocycles. The fourth-order valence-electron chi connectivity index (χ4n) is 1.86. The summed E-state index contributed by atoms with van der Waals surface area (Å²) in [5.74, 6) is 0.226. The minimum atomic E-state index is -0.418. The molecule has 0 unspecified atom stereocenters. The molecule has 19 heavy (non-hydrogen) atoms. The number of aromatic nitrogens is 3. The Morgan fingerprint density at radius 2 is 1.84 bits per heavy atom. The van der Waals surface area contributed by atoms with Crippen molar-refractivity contribution in [3.63, 3.8) is 0 Å². The second-order valence-corrected chi connectivity index (χ2v) is 4.43. The van der Waals surface area contributed by atoms with Gasteiger partial charge in [-0.25, -0.2) is 9.48 Å². The first-order valence-electron chi connectivity index (χ1n) is 6.61. The molecule has 0 aromatic carbocycles. The zero-order valence-corrected chi connectivity index (χ0v) is 12.1. The summed E-state index contributed by atoms with van der Waals surface area (Å²) < 4.78 is 2.22. The number of hydrogen-bond donors (Lipinski definition) is 1. The van der Waals surface area contributed by atoms with E-state index in [2.05, 4.69) is 29.2 Å². The van der Waals surface area contributed by atoms with Crippen molar-refractivity contribution < 1.29 is 0 Å². The number of aryl methyl sites for hydroxylation is 1. The summed E-state index contributed by atoms with van der Waals surface area (Å²) in [6, 6.07) is 0. The quantitative estimate of drug-likeness (QED) is 0.683. The Morgan fingerprint density at radius 1 is 1.21 bits per heavy atom. The van der Waals surface area contributed by atoms with E-state index in [0.29, 0.717) is 6.54 Å². The molecular formula is C12H23N5O2. The van der Waals surface area contributed by atoms with Gasteiger partial charge in [0, 0.05) is 20.6 Å². The second-order valence-electron chi connectivity index (χ2n) is 4.43. The molecule has 1 aromatic heterocycles. The maximum absolute atomic E-state index is 11.8. The van der Waals surface area contributed by atoms with Gasteiger partial charge in [0.1, 0.15) is 0 Å². The van der Waals surface area contributed by atoms with Crippen molar-refractivity contribution in [3.8, 4) is 0 Å². The number of anilines is 1. The number of nitrogens with one attached hydrogen (secondary N) is 1. The molecule has 1 aromatic rings. The molecule has 0 aliphatic heterocycles. The van der Waals surface area contributed by atoms with E-state index in [1.807, 2.05) is 0 Å². The van der Waals surface area contributed by atoms with Gasteiger partial charge in [0.05, 0.1) is 0 Å². The standard InChI is InChI=1S/C12H23N5O2/c1-5-17(6-2)9-7-8-13-10-11(18)15(3)12(19)16(4)14-10/h5-9H2,1-4H3,(H,13,14). The summed E-state index contributed by atoms with van der Waals surface area (Å²) in [6.07, 6.45) is 0.926. The Kier molecular flexibility index (Phi) is 5.75. The van der Waals surface area contributed by atoms with Crippen LogP contribution < -0.4 is 16.6 Å². The van der Waals surface area contributed by atoms with Crippen LogP contribution in [0.3, 0.4) is 0 Å². The summed E-state index contributed by atoms with van der Waals surface area (Å²) in [7, 11) is 2.98. The van der Waals surface area contributed by atoms with Gasteiger partial charge in [-0.05, 0) is 26.1 Å². The van der Waals surface area contributed by atoms with Gasteiger partial charge in [-0.3, -0.25) is 9.36 Å². The van der Waals surface area contributed by atoms with Crippen LogP contribution in [0, 0.1) is 0 Å². The number of nitrogens with zero attached hydrogens (tertiary/aromatic N) is 4. The molecule has 7 nitrogen and oxygen atoms in total. The Morgan fingerprint density at radius 3 is 2.42 bits per heavy atom. The highest BCUT2D eigenvalue weighted by molar-refractivity contribution is 5.29. The first-order valence-corrected chi connectivity index (χ1v) is 6.61. The van der Waals surface area contributed by atoms with Crippen molar-refractivity contribution in [1.29, 1.82) is 0 Å². The highest BCUT2D eigenvalue weighted by Crippen LogP contribution is 1.93. The van der Waals surface area contributed by atoms with Crippen LogP contribution in [0.15, 0.2) is 9.59 Å². The molecule has 0 saturated carbocycles. The fourth-order valence-corrected chi connectivity index (χ4v) is 1.86. The van der Waals surface area contributed by atoms with Gasteiger partial charge >= 0.3 is 5.69 Å². The molecule has 0 radical (unpaired) electrons. The van der Waals surface area contributed by atoms with Gasteiger partial charge in [-0.1, -0.05) is 13.8 Å². The van der Waals surface area contributed by atoms with Crippen LogP contribution in [0.1, 0.15) is 20.3 Å². The third-order valence-electron chi connectivity index (χ3n) is 3.16. The van der Waals surface area contributed by atoms with Gasteiger partial charge in [0.25, 0.3) is 5.56 Å². The highest BCUT2D eigenvalue weighted by Gasteiger charge is 2.07. The molecular weight excluding hydrogens is 246 g/mol. The van der Waals surface area contributed by atoms with Crippen LogP contribution in [0.2, 0.25) is 0 Å². The first kappa shape index (κ1) is 15.4. The van der Waals surface area contributed by atoms with Gasteiger partial charge in [-0.2, -0.15) is 0 Å². The lowest BCUT2D eigenvalue weighted by Gasteiger charge is -2.17. The number of hydrogen-bond acceptors (Lipinski definition) is 5. The van der Waals surface area contributed by atoms with Crippen LogP contribution in [0.25, 0.3) is 0 Å². The third-order valence-corrected chi connectivity index (χ3v) is 3.16. The van der Waals surface area contributed by atoms with Crippen LogP contribution in [-0.2, 0) is 14.1 Å². The topological polar surface area (TPSA) is 72.2 Å². The third kappa shape index (κ3) is 3.92. The van der Waals surface area contributed by atoms with Gasteiger partial charge in [0.2, 0.25) is 5.82 Å². The van der Waals surface area contributed by atoms with Crippen molar-refractivity contribution in [3.05, 3.63) is 20.8 Å². The minimum absolute atomic E-state index is 0.226. The first-order chi connectivity index (χ1) is 9.01. The van der Waals surface area contributed by atoms with Crippen molar-refractivity contribution in [2.24, 2.45) is 14.1 Å². The maximum Gasteiger partial charge on any atom is 0.346 e. The zero-order valence-electron chi connectivity index (χ0n) is 12.1. The van der Waals surface area contributed by atoms with Crippen LogP contribution in [0.4, 0.5) is 5.82 Å². The monoisotopic (exact) mass is 269 g/mol. The molecule has 0 aliphatic carbocycles. The molecule has 1 rings (SSSR count). The predicted octanol–water partition coefficient (Wildman–Crippen LogP) is -0.377. The summed E-state index contributed by atoms with van der Waals surface area (Å²) in [6.45, 7) is 7.94. The van der Waals surface area contributed by atoms with E-state index in [0.717, 1.165) is 35.3 Å². The Bertz CT molecular complexity index is 516. The van der Waals surface area contributed by atoms with Crippen molar-refractivity contribution in [2.75, 3.05) is 31.5 Å². The SMILES string of the molecule is CCN(CC)CCCNc1nn(C)c(=O)n(C)c1=O. The smallest absolute Gasteiger partial charge is 0.346 e. The molecule has 1 N–H and O–H groups in total. The van der Waals surface area contributed by atoms with Crippen LogP contribution in [0.5, 0.6) is 0 Å². The molecule has 0 spiro atoms. The molecule has 0 fully saturated rings. The summed E-state index contributed by atoms with van der Waals surface area (Å²) in [4.78, 5) is 25.6. The molecule has 0 saturated heterocycles. The van der Waals surface area contributed by atoms with Gasteiger partial charge < -0.3 is 10.2 Å². The van der Waals surface area contributed by atoms with E-state index in [4.69, 9.17) is 0 Å². The van der Waals surface area contributed by atoms with E-state index in [9.17, 15) is 9.59 Å². The zero-order chi connectivity index (χ0) is 14.4. The predicted molar refractivity (Wildman–Crippen MR) is 75.6 cm³/mol. The van der Waals surface area contributed by atoms with Gasteiger partial charge in [0.15, 0.2) is 0 Å². The highest BCUT2D eigenvalue weighted by atomic mass is 16.2. The Labute approximate surface area is 112 Å². The summed E-state index contributed by atoms with van der Waals surface area (Å²) >= 11 is 0. The average Bonchev–Trinajstić information content (AvgIpc) is 2.42. The van der Waals surface area contributed by atoms with E-state index in [1.165, 1.54) is 14.1 Å². The number of rotatable bonds is 7. The van der Waals surface area contributed by atoms with Gasteiger partial charge in [-0.15, -0.1) is 5.10 Å². The molecule has 0 aliphatic rings. The fraction of sp³-hybridized carbons (Fsp3) is 0.750. The summed E-state index contributed by atoms with van der Waals surface area (Å²) in [5.41, 5.74) is -0.801. The molecule has 0 atom stereocenters. The van der Waals surface area contributed by atoms with Crippen molar-refractivity contribution >= 4 is 5.82 Å². The molecule has 7 heteroatoms. The Hall–Kier alpha value is -1.63. The second kappa shape index (κ2) is 7.08. The minimum Gasteiger partial charge on any atom is -0.364 e. The van der Waals surface area contributed by atoms with E-state index in [1.54, 1.807) is 0 Å². The Balaban J connectivity index is 2.60. The van der Waals surface area contributed by atoms with Crippen LogP contribution in [-0.4, -0.2) is 45.4 Å². The lowest BCUT2D eigenvalue weighted by molar-refractivity contribution is 0.303. The largest absolute Gasteiger partial charge is 0.364 e. The van der Waals surface area contributed by atoms with E-state index in [-0.39, 0.29) is 11.4 Å². The summed E-state index contributed by atoms with van der Waals surface area (Å²) in [5, 5.41) is 6.93. The molecule has 108 valence electrons. The van der Waals surface area contributed by atoms with E-state index >= 15 is 0 Å². The van der Waals surface area contributed by atoms with Crippen molar-refractivity contribution in [2.45, 2.75) is 20.3 Å². The average molecular weight is 269 g/mol.